The van der Waals surface area contributed by atoms with Crippen LogP contribution in [0.25, 0.3) is 0 Å². The molecule has 1 aliphatic heterocycles. The van der Waals surface area contributed by atoms with Crippen molar-refractivity contribution in [1.29, 1.82) is 5.26 Å². The molecule has 1 aromatic rings. The van der Waals surface area contributed by atoms with Crippen molar-refractivity contribution in [2.24, 2.45) is 17.3 Å². The van der Waals surface area contributed by atoms with E-state index in [0.29, 0.717) is 11.8 Å². The summed E-state index contributed by atoms with van der Waals surface area (Å²) in [6, 6.07) is 1.45. The van der Waals surface area contributed by atoms with E-state index in [1.54, 1.807) is 12.7 Å². The zero-order valence-electron chi connectivity index (χ0n) is 16.1. The number of aromatic nitrogens is 3. The van der Waals surface area contributed by atoms with E-state index in [2.05, 4.69) is 21.5 Å². The molecule has 4 bridgehead atoms. The SMILES string of the molecule is N#C[C@@H]1C[C@@H](F)CN1C(=O)CNC12CC3CC1CCCC3(Cn1cncn1)C2. The number of rotatable bonds is 5. The van der Waals surface area contributed by atoms with E-state index in [-0.39, 0.29) is 36.4 Å². The summed E-state index contributed by atoms with van der Waals surface area (Å²) in [4.78, 5) is 18.3. The fourth-order valence-corrected chi connectivity index (χ4v) is 6.82. The first kappa shape index (κ1) is 18.0. The van der Waals surface area contributed by atoms with Crippen molar-refractivity contribution < 1.29 is 9.18 Å². The van der Waals surface area contributed by atoms with Gasteiger partial charge in [0.2, 0.25) is 5.91 Å². The van der Waals surface area contributed by atoms with Crippen LogP contribution in [0, 0.1) is 28.6 Å². The molecule has 5 aliphatic rings. The minimum absolute atomic E-state index is 0.00557. The molecule has 0 radical (unpaired) electrons. The van der Waals surface area contributed by atoms with Crippen molar-refractivity contribution >= 4 is 5.91 Å². The first-order valence-corrected chi connectivity index (χ1v) is 10.4. The number of nitrogens with one attached hydrogen (secondary N) is 1. The fraction of sp³-hybridized carbons (Fsp3) is 0.800. The summed E-state index contributed by atoms with van der Waals surface area (Å²) in [6.45, 7) is 1.15. The molecule has 4 unspecified atom stereocenters. The van der Waals surface area contributed by atoms with Gasteiger partial charge in [-0.1, -0.05) is 6.42 Å². The maximum absolute atomic E-state index is 13.7. The van der Waals surface area contributed by atoms with Gasteiger partial charge in [0.1, 0.15) is 24.9 Å². The van der Waals surface area contributed by atoms with Crippen LogP contribution in [0.1, 0.15) is 44.9 Å². The Balaban J connectivity index is 1.30. The minimum atomic E-state index is -1.08. The molecule has 6 atom stereocenters. The summed E-state index contributed by atoms with van der Waals surface area (Å²) in [5.74, 6) is 1.12. The molecule has 4 saturated carbocycles. The highest BCUT2D eigenvalue weighted by molar-refractivity contribution is 5.79. The van der Waals surface area contributed by atoms with Gasteiger partial charge in [0, 0.05) is 18.5 Å². The Hall–Kier alpha value is -2.01. The number of nitriles is 1. The predicted molar refractivity (Wildman–Crippen MR) is 98.5 cm³/mol. The molecule has 8 heteroatoms. The van der Waals surface area contributed by atoms with Crippen LogP contribution in [-0.4, -0.2) is 56.4 Å². The second-order valence-electron chi connectivity index (χ2n) is 9.39. The highest BCUT2D eigenvalue weighted by atomic mass is 19.1. The highest BCUT2D eigenvalue weighted by Gasteiger charge is 2.64. The van der Waals surface area contributed by atoms with Crippen molar-refractivity contribution in [2.45, 2.75) is 69.2 Å². The molecule has 1 aromatic heterocycles. The van der Waals surface area contributed by atoms with E-state index in [9.17, 15) is 14.4 Å². The van der Waals surface area contributed by atoms with Gasteiger partial charge in [-0.05, 0) is 49.4 Å². The molecule has 2 heterocycles. The zero-order valence-corrected chi connectivity index (χ0v) is 16.1. The van der Waals surface area contributed by atoms with Gasteiger partial charge in [-0.25, -0.2) is 9.37 Å². The second kappa shape index (κ2) is 6.51. The normalized spacial score (nSPS) is 41.4. The van der Waals surface area contributed by atoms with Crippen LogP contribution in [0.4, 0.5) is 4.39 Å². The minimum Gasteiger partial charge on any atom is -0.323 e. The number of halogens is 1. The second-order valence-corrected chi connectivity index (χ2v) is 9.39. The van der Waals surface area contributed by atoms with E-state index in [1.165, 1.54) is 30.6 Å². The van der Waals surface area contributed by atoms with Crippen LogP contribution in [0.5, 0.6) is 0 Å². The summed E-state index contributed by atoms with van der Waals surface area (Å²) < 4.78 is 15.7. The number of hydrogen-bond acceptors (Lipinski definition) is 5. The molecular formula is C20H27FN6O. The molecule has 1 saturated heterocycles. The number of alkyl halides is 1. The molecule has 0 aromatic carbocycles. The number of amides is 1. The topological polar surface area (TPSA) is 86.8 Å². The van der Waals surface area contributed by atoms with E-state index in [4.69, 9.17) is 0 Å². The molecule has 0 spiro atoms. The maximum atomic E-state index is 13.7. The fourth-order valence-electron chi connectivity index (χ4n) is 6.82. The van der Waals surface area contributed by atoms with Crippen molar-refractivity contribution in [3.8, 4) is 6.07 Å². The Morgan fingerprint density at radius 1 is 1.39 bits per heavy atom. The van der Waals surface area contributed by atoms with Crippen LogP contribution in [0.15, 0.2) is 12.7 Å². The average molecular weight is 386 g/mol. The maximum Gasteiger partial charge on any atom is 0.237 e. The van der Waals surface area contributed by atoms with E-state index in [1.807, 2.05) is 4.68 Å². The summed E-state index contributed by atoms with van der Waals surface area (Å²) in [7, 11) is 0. The van der Waals surface area contributed by atoms with Crippen molar-refractivity contribution in [3.05, 3.63) is 12.7 Å². The molecule has 1 amide bonds. The smallest absolute Gasteiger partial charge is 0.237 e. The molecule has 28 heavy (non-hydrogen) atoms. The molecular weight excluding hydrogens is 359 g/mol. The quantitative estimate of drug-likeness (QED) is 0.832. The van der Waals surface area contributed by atoms with Crippen LogP contribution >= 0.6 is 0 Å². The zero-order chi connectivity index (χ0) is 19.4. The average Bonchev–Trinajstić information content (AvgIpc) is 3.40. The molecule has 6 rings (SSSR count). The van der Waals surface area contributed by atoms with E-state index >= 15 is 0 Å². The van der Waals surface area contributed by atoms with Crippen molar-refractivity contribution in [1.82, 2.24) is 25.0 Å². The van der Waals surface area contributed by atoms with Crippen LogP contribution < -0.4 is 5.32 Å². The number of hydrogen-bond donors (Lipinski definition) is 1. The Bertz CT molecular complexity index is 793. The van der Waals surface area contributed by atoms with Crippen LogP contribution in [-0.2, 0) is 11.3 Å². The summed E-state index contributed by atoms with van der Waals surface area (Å²) in [5, 5.41) is 17.2. The van der Waals surface area contributed by atoms with Crippen LogP contribution in [0.2, 0.25) is 0 Å². The lowest BCUT2D eigenvalue weighted by Gasteiger charge is -2.42. The number of carbonyl (C=O) groups is 1. The van der Waals surface area contributed by atoms with Gasteiger partial charge in [-0.2, -0.15) is 10.4 Å². The lowest BCUT2D eigenvalue weighted by Crippen LogP contribution is -2.53. The van der Waals surface area contributed by atoms with Crippen molar-refractivity contribution in [2.75, 3.05) is 13.1 Å². The Morgan fingerprint density at radius 3 is 3.07 bits per heavy atom. The Labute approximate surface area is 164 Å². The van der Waals surface area contributed by atoms with Crippen LogP contribution in [0.3, 0.4) is 0 Å². The lowest BCUT2D eigenvalue weighted by molar-refractivity contribution is -0.130. The summed E-state index contributed by atoms with van der Waals surface area (Å²) in [5.41, 5.74) is 0.220. The monoisotopic (exact) mass is 386 g/mol. The molecule has 1 N–H and O–H groups in total. The first-order chi connectivity index (χ1) is 13.5. The molecule has 150 valence electrons. The van der Waals surface area contributed by atoms with Gasteiger partial charge < -0.3 is 10.2 Å². The van der Waals surface area contributed by atoms with Gasteiger partial charge in [0.25, 0.3) is 0 Å². The molecule has 4 aliphatic carbocycles. The molecule has 5 fully saturated rings. The van der Waals surface area contributed by atoms with E-state index < -0.39 is 12.2 Å². The third kappa shape index (κ3) is 2.74. The van der Waals surface area contributed by atoms with Crippen molar-refractivity contribution in [3.63, 3.8) is 0 Å². The molecule has 7 nitrogen and oxygen atoms in total. The number of nitrogens with zero attached hydrogens (tertiary/aromatic N) is 5. The number of fused-ring (bicyclic) bond motifs is 2. The number of carbonyl (C=O) groups excluding carboxylic acids is 1. The van der Waals surface area contributed by atoms with Gasteiger partial charge in [0.05, 0.1) is 19.2 Å². The third-order valence-electron chi connectivity index (χ3n) is 7.98. The Kier molecular flexibility index (Phi) is 4.20. The predicted octanol–water partition coefficient (Wildman–Crippen LogP) is 1.67. The largest absolute Gasteiger partial charge is 0.323 e. The van der Waals surface area contributed by atoms with E-state index in [0.717, 1.165) is 19.4 Å². The third-order valence-corrected chi connectivity index (χ3v) is 7.98. The Morgan fingerprint density at radius 2 is 2.29 bits per heavy atom. The van der Waals surface area contributed by atoms with Gasteiger partial charge >= 0.3 is 0 Å². The first-order valence-electron chi connectivity index (χ1n) is 10.4. The van der Waals surface area contributed by atoms with Gasteiger partial charge in [-0.3, -0.25) is 9.48 Å². The number of likely N-dealkylation sites (tertiary alicyclic amines) is 1. The lowest BCUT2D eigenvalue weighted by atomic mass is 9.69. The summed E-state index contributed by atoms with van der Waals surface area (Å²) >= 11 is 0. The summed E-state index contributed by atoms with van der Waals surface area (Å²) in [6.07, 6.45) is 9.46. The van der Waals surface area contributed by atoms with Gasteiger partial charge in [0.15, 0.2) is 0 Å². The van der Waals surface area contributed by atoms with Gasteiger partial charge in [-0.15, -0.1) is 0 Å². The highest BCUT2D eigenvalue weighted by Crippen LogP contribution is 2.66. The standard InChI is InChI=1S/C20H27FN6O/c21-16-5-17(7-22)27(9-16)18(28)8-24-20-6-15-4-14(20)2-1-3-19(15,10-20)11-26-13-23-12-25-26/h12-17,24H,1-6,8-11H2/t14?,15?,16-,17+,19?,20?/m1/s1.